The van der Waals surface area contributed by atoms with Gasteiger partial charge in [-0.05, 0) is 29.7 Å². The molecule has 0 unspecified atom stereocenters. The van der Waals surface area contributed by atoms with Crippen molar-refractivity contribution in [3.8, 4) is 0 Å². The first kappa shape index (κ1) is 9.34. The number of hydrogen-bond acceptors (Lipinski definition) is 0. The molecule has 0 N–H and O–H groups in total. The Morgan fingerprint density at radius 2 is 1.79 bits per heavy atom. The molecule has 1 aliphatic heterocycles. The van der Waals surface area contributed by atoms with E-state index < -0.39 is 11.6 Å². The average molecular weight is 194 g/mol. The smallest absolute Gasteiger partial charge is 0.126 e. The van der Waals surface area contributed by atoms with Crippen molar-refractivity contribution in [1.82, 2.24) is 5.32 Å². The fraction of sp³-hybridized carbons (Fsp3) is 0.273. The van der Waals surface area contributed by atoms with Crippen molar-refractivity contribution >= 4 is 5.57 Å². The third kappa shape index (κ3) is 1.99. The van der Waals surface area contributed by atoms with E-state index in [-0.39, 0.29) is 0 Å². The number of rotatable bonds is 1. The average Bonchev–Trinajstić information content (AvgIpc) is 2.18. The molecule has 0 amide bonds. The van der Waals surface area contributed by atoms with Gasteiger partial charge in [-0.25, -0.2) is 14.1 Å². The SMILES string of the molecule is Fc1cc(F)cc(C2=CC[N]CC2)c1. The minimum Gasteiger partial charge on any atom is -0.237 e. The van der Waals surface area contributed by atoms with Gasteiger partial charge in [0, 0.05) is 19.2 Å². The second-order valence-corrected chi connectivity index (χ2v) is 3.27. The molecule has 0 atom stereocenters. The van der Waals surface area contributed by atoms with E-state index >= 15 is 0 Å². The highest BCUT2D eigenvalue weighted by molar-refractivity contribution is 5.66. The fourth-order valence-electron chi connectivity index (χ4n) is 1.57. The summed E-state index contributed by atoms with van der Waals surface area (Å²) in [7, 11) is 0. The first-order valence-corrected chi connectivity index (χ1v) is 4.54. The first-order chi connectivity index (χ1) is 6.75. The quantitative estimate of drug-likeness (QED) is 0.651. The zero-order valence-electron chi connectivity index (χ0n) is 7.63. The number of halogens is 2. The van der Waals surface area contributed by atoms with Gasteiger partial charge in [-0.3, -0.25) is 0 Å². The van der Waals surface area contributed by atoms with Crippen molar-refractivity contribution < 1.29 is 8.78 Å². The van der Waals surface area contributed by atoms with Crippen LogP contribution in [0, 0.1) is 11.6 Å². The van der Waals surface area contributed by atoms with Gasteiger partial charge in [0.25, 0.3) is 0 Å². The fourth-order valence-corrected chi connectivity index (χ4v) is 1.57. The van der Waals surface area contributed by atoms with Crippen molar-refractivity contribution in [1.29, 1.82) is 0 Å². The van der Waals surface area contributed by atoms with Crippen molar-refractivity contribution in [3.05, 3.63) is 41.5 Å². The summed E-state index contributed by atoms with van der Waals surface area (Å²) in [5, 5.41) is 4.13. The van der Waals surface area contributed by atoms with Crippen LogP contribution in [0.2, 0.25) is 0 Å². The molecular formula is C11H10F2N. The molecule has 0 saturated heterocycles. The van der Waals surface area contributed by atoms with Gasteiger partial charge >= 0.3 is 0 Å². The zero-order chi connectivity index (χ0) is 9.97. The van der Waals surface area contributed by atoms with Gasteiger partial charge < -0.3 is 0 Å². The molecule has 0 bridgehead atoms. The maximum Gasteiger partial charge on any atom is 0.126 e. The Morgan fingerprint density at radius 1 is 1.07 bits per heavy atom. The molecule has 3 heteroatoms. The highest BCUT2D eigenvalue weighted by Crippen LogP contribution is 2.21. The third-order valence-electron chi connectivity index (χ3n) is 2.24. The van der Waals surface area contributed by atoms with Crippen LogP contribution in [0.3, 0.4) is 0 Å². The van der Waals surface area contributed by atoms with E-state index in [1.54, 1.807) is 0 Å². The van der Waals surface area contributed by atoms with E-state index in [0.29, 0.717) is 12.1 Å². The van der Waals surface area contributed by atoms with E-state index in [1.807, 2.05) is 6.08 Å². The van der Waals surface area contributed by atoms with Gasteiger partial charge in [0.1, 0.15) is 11.6 Å². The van der Waals surface area contributed by atoms with E-state index in [9.17, 15) is 8.78 Å². The normalized spacial score (nSPS) is 16.6. The topological polar surface area (TPSA) is 14.1 Å². The second-order valence-electron chi connectivity index (χ2n) is 3.27. The largest absolute Gasteiger partial charge is 0.237 e. The predicted molar refractivity (Wildman–Crippen MR) is 50.8 cm³/mol. The van der Waals surface area contributed by atoms with Crippen LogP contribution in [0.25, 0.3) is 5.57 Å². The van der Waals surface area contributed by atoms with E-state index in [2.05, 4.69) is 5.32 Å². The molecule has 0 aromatic heterocycles. The molecule has 1 aromatic carbocycles. The van der Waals surface area contributed by atoms with Crippen LogP contribution in [0.15, 0.2) is 24.3 Å². The predicted octanol–water partition coefficient (Wildman–Crippen LogP) is 2.36. The van der Waals surface area contributed by atoms with Crippen LogP contribution >= 0.6 is 0 Å². The summed E-state index contributed by atoms with van der Waals surface area (Å²) in [6.45, 7) is 1.39. The Hall–Kier alpha value is -1.22. The molecular weight excluding hydrogens is 184 g/mol. The maximum absolute atomic E-state index is 12.9. The number of benzene rings is 1. The molecule has 0 fully saturated rings. The Bertz CT molecular complexity index is 351. The molecule has 14 heavy (non-hydrogen) atoms. The van der Waals surface area contributed by atoms with Crippen molar-refractivity contribution in [3.63, 3.8) is 0 Å². The van der Waals surface area contributed by atoms with E-state index in [4.69, 9.17) is 0 Å². The summed E-state index contributed by atoms with van der Waals surface area (Å²) >= 11 is 0. The highest BCUT2D eigenvalue weighted by Gasteiger charge is 2.08. The Kier molecular flexibility index (Phi) is 2.59. The molecule has 1 nitrogen and oxygen atoms in total. The summed E-state index contributed by atoms with van der Waals surface area (Å²) in [6, 6.07) is 3.61. The lowest BCUT2D eigenvalue weighted by Crippen LogP contribution is -2.13. The third-order valence-corrected chi connectivity index (χ3v) is 2.24. The highest BCUT2D eigenvalue weighted by atomic mass is 19.1. The molecule has 1 radical (unpaired) electrons. The van der Waals surface area contributed by atoms with Gasteiger partial charge in [0.05, 0.1) is 0 Å². The lowest BCUT2D eigenvalue weighted by molar-refractivity contribution is 0.582. The number of nitrogens with zero attached hydrogens (tertiary/aromatic N) is 1. The van der Waals surface area contributed by atoms with Crippen LogP contribution in [-0.4, -0.2) is 13.1 Å². The van der Waals surface area contributed by atoms with Crippen molar-refractivity contribution in [2.24, 2.45) is 0 Å². The van der Waals surface area contributed by atoms with Gasteiger partial charge in [-0.1, -0.05) is 6.08 Å². The number of hydrogen-bond donors (Lipinski definition) is 0. The molecule has 1 aromatic rings. The van der Waals surface area contributed by atoms with Gasteiger partial charge in [0.2, 0.25) is 0 Å². The second kappa shape index (κ2) is 3.88. The first-order valence-electron chi connectivity index (χ1n) is 4.54. The van der Waals surface area contributed by atoms with Gasteiger partial charge in [0.15, 0.2) is 0 Å². The molecule has 0 saturated carbocycles. The van der Waals surface area contributed by atoms with E-state index in [1.165, 1.54) is 12.1 Å². The minimum atomic E-state index is -0.525. The lowest BCUT2D eigenvalue weighted by Gasteiger charge is -2.12. The molecule has 1 aliphatic rings. The van der Waals surface area contributed by atoms with Gasteiger partial charge in [-0.2, -0.15) is 0 Å². The minimum absolute atomic E-state index is 0.525. The van der Waals surface area contributed by atoms with Gasteiger partial charge in [-0.15, -0.1) is 0 Å². The van der Waals surface area contributed by atoms with Crippen LogP contribution in [0.1, 0.15) is 12.0 Å². The summed E-state index contributed by atoms with van der Waals surface area (Å²) in [5.41, 5.74) is 1.62. The van der Waals surface area contributed by atoms with Crippen LogP contribution in [0.4, 0.5) is 8.78 Å². The summed E-state index contributed by atoms with van der Waals surface area (Å²) in [4.78, 5) is 0. The maximum atomic E-state index is 12.9. The molecule has 2 rings (SSSR count). The monoisotopic (exact) mass is 194 g/mol. The van der Waals surface area contributed by atoms with Crippen LogP contribution in [0.5, 0.6) is 0 Å². The Labute approximate surface area is 81.4 Å². The Morgan fingerprint density at radius 3 is 2.36 bits per heavy atom. The molecule has 73 valence electrons. The molecule has 0 spiro atoms. The van der Waals surface area contributed by atoms with Crippen molar-refractivity contribution in [2.45, 2.75) is 6.42 Å². The van der Waals surface area contributed by atoms with Crippen molar-refractivity contribution in [2.75, 3.05) is 13.1 Å². The molecule has 1 heterocycles. The summed E-state index contributed by atoms with van der Waals surface area (Å²) < 4.78 is 25.8. The Balaban J connectivity index is 2.35. The van der Waals surface area contributed by atoms with Crippen LogP contribution < -0.4 is 5.32 Å². The van der Waals surface area contributed by atoms with Crippen LogP contribution in [-0.2, 0) is 0 Å². The summed E-state index contributed by atoms with van der Waals surface area (Å²) in [6.07, 6.45) is 2.68. The lowest BCUT2D eigenvalue weighted by atomic mass is 10.0. The summed E-state index contributed by atoms with van der Waals surface area (Å²) in [5.74, 6) is -1.05. The molecule has 0 aliphatic carbocycles. The van der Waals surface area contributed by atoms with E-state index in [0.717, 1.165) is 24.6 Å². The zero-order valence-corrected chi connectivity index (χ0v) is 7.63. The standard InChI is InChI=1S/C11H10F2N/c12-10-5-9(6-11(13)7-10)8-1-3-14-4-2-8/h1,5-7H,2-4H2.